The summed E-state index contributed by atoms with van der Waals surface area (Å²) in [5.41, 5.74) is 0.225. The third-order valence-corrected chi connectivity index (χ3v) is 4.77. The Labute approximate surface area is 133 Å². The monoisotopic (exact) mass is 343 g/mol. The molecule has 0 radical (unpaired) electrons. The zero-order valence-corrected chi connectivity index (χ0v) is 13.6. The minimum Gasteiger partial charge on any atom is -0.494 e. The summed E-state index contributed by atoms with van der Waals surface area (Å²) in [7, 11) is -3.95. The Morgan fingerprint density at radius 2 is 2.00 bits per heavy atom. The van der Waals surface area contributed by atoms with Gasteiger partial charge in [0, 0.05) is 0 Å². The normalized spacial score (nSPS) is 11.3. The summed E-state index contributed by atoms with van der Waals surface area (Å²) in [6, 6.07) is 8.52. The molecule has 0 bridgehead atoms. The summed E-state index contributed by atoms with van der Waals surface area (Å²) in [4.78, 5) is 0.0373. The van der Waals surface area contributed by atoms with Crippen molar-refractivity contribution in [2.24, 2.45) is 0 Å². The van der Waals surface area contributed by atoms with Crippen LogP contribution in [0.4, 0.5) is 10.1 Å². The predicted octanol–water partition coefficient (Wildman–Crippen LogP) is 3.99. The lowest BCUT2D eigenvalue weighted by molar-refractivity contribution is 0.340. The number of sulfonamides is 1. The molecule has 2 aromatic carbocycles. The molecule has 0 aliphatic rings. The second-order valence-corrected chi connectivity index (χ2v) is 6.62. The number of halogens is 2. The molecular weight excluding hydrogens is 329 g/mol. The fourth-order valence-electron chi connectivity index (χ4n) is 1.96. The van der Waals surface area contributed by atoms with Gasteiger partial charge < -0.3 is 4.74 Å². The highest BCUT2D eigenvalue weighted by Crippen LogP contribution is 2.29. The summed E-state index contributed by atoms with van der Waals surface area (Å²) >= 11 is 5.84. The summed E-state index contributed by atoms with van der Waals surface area (Å²) < 4.78 is 46.1. The Morgan fingerprint density at radius 3 is 2.59 bits per heavy atom. The van der Waals surface area contributed by atoms with E-state index in [0.717, 1.165) is 6.07 Å². The van der Waals surface area contributed by atoms with Crippen molar-refractivity contribution in [3.63, 3.8) is 0 Å². The maximum absolute atomic E-state index is 13.7. The van der Waals surface area contributed by atoms with Gasteiger partial charge in [-0.3, -0.25) is 4.72 Å². The molecular formula is C15H15ClFNO3S. The smallest absolute Gasteiger partial charge is 0.262 e. The molecule has 0 heterocycles. The summed E-state index contributed by atoms with van der Waals surface area (Å²) in [6.45, 7) is 3.95. The number of rotatable bonds is 5. The molecule has 4 nitrogen and oxygen atoms in total. The van der Waals surface area contributed by atoms with Gasteiger partial charge in [-0.05, 0) is 49.7 Å². The summed E-state index contributed by atoms with van der Waals surface area (Å²) in [6.07, 6.45) is 0. The van der Waals surface area contributed by atoms with Crippen LogP contribution in [0.3, 0.4) is 0 Å². The molecule has 0 atom stereocenters. The highest BCUT2D eigenvalue weighted by molar-refractivity contribution is 7.92. The number of anilines is 1. The van der Waals surface area contributed by atoms with Gasteiger partial charge in [-0.25, -0.2) is 12.8 Å². The zero-order chi connectivity index (χ0) is 16.3. The number of hydrogen-bond acceptors (Lipinski definition) is 3. The van der Waals surface area contributed by atoms with Crippen LogP contribution in [-0.2, 0) is 10.0 Å². The second-order valence-electron chi connectivity index (χ2n) is 4.56. The Hall–Kier alpha value is -1.79. The largest absolute Gasteiger partial charge is 0.494 e. The molecule has 0 amide bonds. The Bertz CT molecular complexity index is 773. The predicted molar refractivity (Wildman–Crippen MR) is 84.6 cm³/mol. The molecule has 0 saturated heterocycles. The highest BCUT2D eigenvalue weighted by Gasteiger charge is 2.20. The first-order valence-corrected chi connectivity index (χ1v) is 8.41. The van der Waals surface area contributed by atoms with Gasteiger partial charge in [-0.1, -0.05) is 17.7 Å². The number of aryl methyl sites for hydroxylation is 1. The zero-order valence-electron chi connectivity index (χ0n) is 12.1. The molecule has 0 unspecified atom stereocenters. The average Bonchev–Trinajstić information content (AvgIpc) is 2.43. The van der Waals surface area contributed by atoms with Gasteiger partial charge in [0.2, 0.25) is 0 Å². The molecule has 0 aliphatic carbocycles. The van der Waals surface area contributed by atoms with Crippen molar-refractivity contribution in [1.29, 1.82) is 0 Å². The number of para-hydroxylation sites is 1. The highest BCUT2D eigenvalue weighted by atomic mass is 35.5. The van der Waals surface area contributed by atoms with Crippen LogP contribution in [0.2, 0.25) is 5.02 Å². The number of benzene rings is 2. The van der Waals surface area contributed by atoms with E-state index < -0.39 is 15.8 Å². The van der Waals surface area contributed by atoms with E-state index in [9.17, 15) is 12.8 Å². The van der Waals surface area contributed by atoms with E-state index in [-0.39, 0.29) is 15.6 Å². The van der Waals surface area contributed by atoms with Crippen molar-refractivity contribution in [3.8, 4) is 5.75 Å². The second kappa shape index (κ2) is 6.54. The van der Waals surface area contributed by atoms with E-state index in [1.54, 1.807) is 19.1 Å². The lowest BCUT2D eigenvalue weighted by Gasteiger charge is -2.13. The van der Waals surface area contributed by atoms with E-state index in [1.807, 2.05) is 6.92 Å². The van der Waals surface area contributed by atoms with Crippen molar-refractivity contribution in [1.82, 2.24) is 0 Å². The molecule has 0 aliphatic heterocycles. The maximum atomic E-state index is 13.7. The summed E-state index contributed by atoms with van der Waals surface area (Å²) in [5, 5.41) is -0.00726. The minimum absolute atomic E-state index is 0.00726. The number of hydrogen-bond donors (Lipinski definition) is 1. The van der Waals surface area contributed by atoms with Crippen LogP contribution in [0.25, 0.3) is 0 Å². The molecule has 2 aromatic rings. The average molecular weight is 344 g/mol. The number of nitrogens with one attached hydrogen (secondary N) is 1. The fourth-order valence-corrected chi connectivity index (χ4v) is 3.55. The van der Waals surface area contributed by atoms with Crippen LogP contribution >= 0.6 is 11.6 Å². The van der Waals surface area contributed by atoms with Crippen molar-refractivity contribution < 1.29 is 17.5 Å². The third kappa shape index (κ3) is 3.51. The van der Waals surface area contributed by atoms with E-state index in [0.29, 0.717) is 17.9 Å². The molecule has 7 heteroatoms. The van der Waals surface area contributed by atoms with E-state index in [1.165, 1.54) is 18.2 Å². The summed E-state index contributed by atoms with van der Waals surface area (Å²) in [5.74, 6) is -0.164. The van der Waals surface area contributed by atoms with Crippen LogP contribution in [0.1, 0.15) is 12.5 Å². The van der Waals surface area contributed by atoms with Gasteiger partial charge in [0.15, 0.2) is 0 Å². The third-order valence-electron chi connectivity index (χ3n) is 2.95. The van der Waals surface area contributed by atoms with E-state index >= 15 is 0 Å². The molecule has 22 heavy (non-hydrogen) atoms. The first kappa shape index (κ1) is 16.6. The molecule has 0 spiro atoms. The van der Waals surface area contributed by atoms with Crippen LogP contribution in [-0.4, -0.2) is 15.0 Å². The van der Waals surface area contributed by atoms with Gasteiger partial charge in [0.1, 0.15) is 17.3 Å². The van der Waals surface area contributed by atoms with Crippen LogP contribution in [0.15, 0.2) is 41.3 Å². The standard InChI is InChI=1S/C15H15ClFNO3S/c1-3-21-11-7-8-14(10(2)9-11)22(19,20)18-15-12(16)5-4-6-13(15)17/h4-9,18H,3H2,1-2H3. The minimum atomic E-state index is -3.95. The van der Waals surface area contributed by atoms with Crippen molar-refractivity contribution in [3.05, 3.63) is 52.8 Å². The van der Waals surface area contributed by atoms with E-state index in [4.69, 9.17) is 16.3 Å². The molecule has 1 N–H and O–H groups in total. The Morgan fingerprint density at radius 1 is 1.27 bits per heavy atom. The van der Waals surface area contributed by atoms with Gasteiger partial charge >= 0.3 is 0 Å². The van der Waals surface area contributed by atoms with Gasteiger partial charge in [0.05, 0.1) is 16.5 Å². The fraction of sp³-hybridized carbons (Fsp3) is 0.200. The SMILES string of the molecule is CCOc1ccc(S(=O)(=O)Nc2c(F)cccc2Cl)c(C)c1. The van der Waals surface area contributed by atoms with Gasteiger partial charge in [0.25, 0.3) is 10.0 Å². The Balaban J connectivity index is 2.39. The van der Waals surface area contributed by atoms with E-state index in [2.05, 4.69) is 4.72 Å². The van der Waals surface area contributed by atoms with Crippen molar-refractivity contribution in [2.45, 2.75) is 18.7 Å². The van der Waals surface area contributed by atoms with Crippen LogP contribution in [0.5, 0.6) is 5.75 Å². The molecule has 118 valence electrons. The molecule has 0 aromatic heterocycles. The van der Waals surface area contributed by atoms with Crippen LogP contribution < -0.4 is 9.46 Å². The first-order valence-electron chi connectivity index (χ1n) is 6.55. The molecule has 2 rings (SSSR count). The first-order chi connectivity index (χ1) is 10.3. The van der Waals surface area contributed by atoms with Gasteiger partial charge in [-0.2, -0.15) is 0 Å². The maximum Gasteiger partial charge on any atom is 0.262 e. The molecule has 0 saturated carbocycles. The topological polar surface area (TPSA) is 55.4 Å². The quantitative estimate of drug-likeness (QED) is 0.893. The molecule has 0 fully saturated rings. The van der Waals surface area contributed by atoms with Crippen molar-refractivity contribution in [2.75, 3.05) is 11.3 Å². The lowest BCUT2D eigenvalue weighted by Crippen LogP contribution is -2.15. The number of ether oxygens (including phenoxy) is 1. The lowest BCUT2D eigenvalue weighted by atomic mass is 10.2. The van der Waals surface area contributed by atoms with Gasteiger partial charge in [-0.15, -0.1) is 0 Å². The Kier molecular flexibility index (Phi) is 4.93. The van der Waals surface area contributed by atoms with Crippen LogP contribution in [0, 0.1) is 12.7 Å². The van der Waals surface area contributed by atoms with Crippen molar-refractivity contribution >= 4 is 27.3 Å².